The Hall–Kier alpha value is -1.68. The van der Waals surface area contributed by atoms with Gasteiger partial charge in [-0.1, -0.05) is 35.0 Å². The smallest absolute Gasteiger partial charge is 0.229 e. The molecule has 0 amide bonds. The third-order valence-electron chi connectivity index (χ3n) is 3.43. The largest absolute Gasteiger partial charge is 0.393 e. The minimum Gasteiger partial charge on any atom is -0.393 e. The predicted molar refractivity (Wildman–Crippen MR) is 66.3 cm³/mol. The summed E-state index contributed by atoms with van der Waals surface area (Å²) in [5.74, 6) is 1.64. The van der Waals surface area contributed by atoms with E-state index in [9.17, 15) is 5.11 Å². The number of aliphatic hydroxyl groups excluding tert-OH is 1. The van der Waals surface area contributed by atoms with Crippen LogP contribution in [-0.4, -0.2) is 21.4 Å². The Labute approximate surface area is 106 Å². The number of aromatic nitrogens is 2. The Morgan fingerprint density at radius 2 is 2.00 bits per heavy atom. The first-order chi connectivity index (χ1) is 8.70. The maximum atomic E-state index is 9.26. The van der Waals surface area contributed by atoms with Gasteiger partial charge in [0.1, 0.15) is 0 Å². The number of nitrogens with zero attached hydrogens (tertiary/aromatic N) is 2. The first kappa shape index (κ1) is 11.4. The summed E-state index contributed by atoms with van der Waals surface area (Å²) in [4.78, 5) is 4.40. The molecule has 1 aliphatic carbocycles. The Balaban J connectivity index is 1.68. The van der Waals surface area contributed by atoms with E-state index in [1.807, 2.05) is 0 Å². The highest BCUT2D eigenvalue weighted by Gasteiger charge is 2.32. The van der Waals surface area contributed by atoms with Crippen molar-refractivity contribution >= 4 is 0 Å². The molecule has 4 nitrogen and oxygen atoms in total. The molecule has 4 heteroatoms. The molecule has 1 heterocycles. The highest BCUT2D eigenvalue weighted by molar-refractivity contribution is 5.23. The Kier molecular flexibility index (Phi) is 2.88. The third-order valence-corrected chi connectivity index (χ3v) is 3.43. The molecule has 1 aromatic carbocycles. The van der Waals surface area contributed by atoms with Gasteiger partial charge in [0.05, 0.1) is 6.10 Å². The van der Waals surface area contributed by atoms with Crippen molar-refractivity contribution in [3.05, 3.63) is 47.1 Å². The second-order valence-electron chi connectivity index (χ2n) is 5.03. The number of benzene rings is 1. The Bertz CT molecular complexity index is 527. The molecule has 1 aliphatic rings. The van der Waals surface area contributed by atoms with Crippen LogP contribution >= 0.6 is 0 Å². The number of rotatable bonds is 3. The maximum Gasteiger partial charge on any atom is 0.229 e. The van der Waals surface area contributed by atoms with Gasteiger partial charge < -0.3 is 9.63 Å². The maximum absolute atomic E-state index is 9.26. The highest BCUT2D eigenvalue weighted by Crippen LogP contribution is 2.35. The van der Waals surface area contributed by atoms with Gasteiger partial charge in [-0.05, 0) is 25.3 Å². The van der Waals surface area contributed by atoms with Crippen molar-refractivity contribution in [3.63, 3.8) is 0 Å². The van der Waals surface area contributed by atoms with Gasteiger partial charge >= 0.3 is 0 Å². The topological polar surface area (TPSA) is 59.2 Å². The van der Waals surface area contributed by atoms with E-state index in [0.29, 0.717) is 12.3 Å². The SMILES string of the molecule is Cc1ccc(Cc2noc(C3CC(O)C3)n2)cc1. The molecule has 1 fully saturated rings. The van der Waals surface area contributed by atoms with Crippen molar-refractivity contribution in [3.8, 4) is 0 Å². The zero-order valence-corrected chi connectivity index (χ0v) is 10.3. The summed E-state index contributed by atoms with van der Waals surface area (Å²) in [6.45, 7) is 2.07. The van der Waals surface area contributed by atoms with Crippen LogP contribution in [0.1, 0.15) is 41.6 Å². The van der Waals surface area contributed by atoms with Crippen molar-refractivity contribution in [1.82, 2.24) is 10.1 Å². The molecule has 0 atom stereocenters. The predicted octanol–water partition coefficient (Wildman–Crippen LogP) is 2.21. The zero-order chi connectivity index (χ0) is 12.5. The van der Waals surface area contributed by atoms with E-state index in [1.165, 1.54) is 11.1 Å². The summed E-state index contributed by atoms with van der Waals surface area (Å²) in [6.07, 6.45) is 1.99. The number of hydrogen-bond donors (Lipinski definition) is 1. The molecule has 94 valence electrons. The van der Waals surface area contributed by atoms with Gasteiger partial charge in [-0.3, -0.25) is 0 Å². The van der Waals surface area contributed by atoms with E-state index in [0.717, 1.165) is 18.7 Å². The Morgan fingerprint density at radius 3 is 2.67 bits per heavy atom. The molecule has 0 unspecified atom stereocenters. The van der Waals surface area contributed by atoms with E-state index in [1.54, 1.807) is 0 Å². The quantitative estimate of drug-likeness (QED) is 0.899. The lowest BCUT2D eigenvalue weighted by atomic mass is 9.82. The van der Waals surface area contributed by atoms with Crippen LogP contribution in [0.25, 0.3) is 0 Å². The van der Waals surface area contributed by atoms with Crippen LogP contribution in [0.15, 0.2) is 28.8 Å². The van der Waals surface area contributed by atoms with Gasteiger partial charge in [-0.2, -0.15) is 4.98 Å². The Morgan fingerprint density at radius 1 is 1.28 bits per heavy atom. The average Bonchev–Trinajstić information content (AvgIpc) is 2.76. The summed E-state index contributed by atoms with van der Waals surface area (Å²) < 4.78 is 5.24. The summed E-state index contributed by atoms with van der Waals surface area (Å²) in [6, 6.07) is 8.33. The van der Waals surface area contributed by atoms with E-state index in [-0.39, 0.29) is 12.0 Å². The lowest BCUT2D eigenvalue weighted by molar-refractivity contribution is 0.0625. The molecule has 0 aliphatic heterocycles. The first-order valence-corrected chi connectivity index (χ1v) is 6.27. The van der Waals surface area contributed by atoms with Crippen molar-refractivity contribution in [2.45, 2.75) is 38.2 Å². The minimum absolute atomic E-state index is 0.192. The summed E-state index contributed by atoms with van der Waals surface area (Å²) >= 11 is 0. The van der Waals surface area contributed by atoms with Crippen molar-refractivity contribution in [2.24, 2.45) is 0 Å². The fourth-order valence-electron chi connectivity index (χ4n) is 2.18. The zero-order valence-electron chi connectivity index (χ0n) is 10.3. The van der Waals surface area contributed by atoms with Crippen LogP contribution in [0.3, 0.4) is 0 Å². The number of hydrogen-bond acceptors (Lipinski definition) is 4. The normalized spacial score (nSPS) is 22.8. The molecular weight excluding hydrogens is 228 g/mol. The van der Waals surface area contributed by atoms with Crippen LogP contribution in [0, 0.1) is 6.92 Å². The standard InChI is InChI=1S/C14H16N2O2/c1-9-2-4-10(5-3-9)6-13-15-14(18-16-13)11-7-12(17)8-11/h2-5,11-12,17H,6-8H2,1H3. The fourth-order valence-corrected chi connectivity index (χ4v) is 2.18. The second-order valence-corrected chi connectivity index (χ2v) is 5.03. The van der Waals surface area contributed by atoms with E-state index in [2.05, 4.69) is 41.3 Å². The molecule has 18 heavy (non-hydrogen) atoms. The molecule has 0 spiro atoms. The molecule has 0 saturated heterocycles. The van der Waals surface area contributed by atoms with Crippen LogP contribution in [0.4, 0.5) is 0 Å². The first-order valence-electron chi connectivity index (χ1n) is 6.27. The molecule has 3 rings (SSSR count). The van der Waals surface area contributed by atoms with Crippen molar-refractivity contribution < 1.29 is 9.63 Å². The van der Waals surface area contributed by atoms with Crippen LogP contribution in [0.2, 0.25) is 0 Å². The number of aliphatic hydroxyl groups is 1. The molecule has 1 aromatic heterocycles. The monoisotopic (exact) mass is 244 g/mol. The molecule has 1 N–H and O–H groups in total. The van der Waals surface area contributed by atoms with Gasteiger partial charge in [-0.15, -0.1) is 0 Å². The van der Waals surface area contributed by atoms with Crippen molar-refractivity contribution in [1.29, 1.82) is 0 Å². The van der Waals surface area contributed by atoms with E-state index < -0.39 is 0 Å². The summed E-state index contributed by atoms with van der Waals surface area (Å²) in [7, 11) is 0. The highest BCUT2D eigenvalue weighted by atomic mass is 16.5. The average molecular weight is 244 g/mol. The van der Waals surface area contributed by atoms with Crippen LogP contribution in [0.5, 0.6) is 0 Å². The molecular formula is C14H16N2O2. The van der Waals surface area contributed by atoms with Gasteiger partial charge in [0, 0.05) is 12.3 Å². The van der Waals surface area contributed by atoms with Crippen molar-refractivity contribution in [2.75, 3.05) is 0 Å². The van der Waals surface area contributed by atoms with Gasteiger partial charge in [-0.25, -0.2) is 0 Å². The van der Waals surface area contributed by atoms with Crippen LogP contribution < -0.4 is 0 Å². The molecule has 2 aromatic rings. The lowest BCUT2D eigenvalue weighted by Gasteiger charge is -2.27. The third kappa shape index (κ3) is 2.29. The summed E-state index contributed by atoms with van der Waals surface area (Å²) in [5.41, 5.74) is 2.43. The molecule has 1 saturated carbocycles. The van der Waals surface area contributed by atoms with Gasteiger partial charge in [0.25, 0.3) is 0 Å². The van der Waals surface area contributed by atoms with Gasteiger partial charge in [0.15, 0.2) is 5.82 Å². The van der Waals surface area contributed by atoms with Gasteiger partial charge in [0.2, 0.25) is 5.89 Å². The fraction of sp³-hybridized carbons (Fsp3) is 0.429. The van der Waals surface area contributed by atoms with E-state index >= 15 is 0 Å². The summed E-state index contributed by atoms with van der Waals surface area (Å²) in [5, 5.41) is 13.3. The lowest BCUT2D eigenvalue weighted by Crippen LogP contribution is -2.26. The molecule has 0 bridgehead atoms. The van der Waals surface area contributed by atoms with Crippen LogP contribution in [-0.2, 0) is 6.42 Å². The molecule has 0 radical (unpaired) electrons. The minimum atomic E-state index is -0.192. The number of aryl methyl sites for hydroxylation is 1. The van der Waals surface area contributed by atoms with E-state index in [4.69, 9.17) is 4.52 Å². The second kappa shape index (κ2) is 4.53.